The lowest BCUT2D eigenvalue weighted by Gasteiger charge is -2.51. The molecule has 5 aromatic rings. The first-order valence-electron chi connectivity index (χ1n) is 21.0. The summed E-state index contributed by atoms with van der Waals surface area (Å²) in [6, 6.07) is 22.3. The number of nitrogen functional groups attached to an aromatic ring is 1. The largest absolute Gasteiger partial charge is 0.493 e. The van der Waals surface area contributed by atoms with E-state index in [-0.39, 0.29) is 30.5 Å². The molecular formula is C44H43F3N10O6. The van der Waals surface area contributed by atoms with Gasteiger partial charge in [-0.15, -0.1) is 5.06 Å². The van der Waals surface area contributed by atoms with Crippen LogP contribution in [0, 0.1) is 5.92 Å². The molecule has 19 heteroatoms. The predicted octanol–water partition coefficient (Wildman–Crippen LogP) is 4.82. The predicted molar refractivity (Wildman–Crippen MR) is 221 cm³/mol. The number of ether oxygens (including phenoxy) is 1. The maximum absolute atomic E-state index is 13.3. The van der Waals surface area contributed by atoms with Gasteiger partial charge >= 0.3 is 12.1 Å². The van der Waals surface area contributed by atoms with Crippen LogP contribution in [0.2, 0.25) is 0 Å². The van der Waals surface area contributed by atoms with Crippen LogP contribution in [0.3, 0.4) is 0 Å². The fourth-order valence-corrected chi connectivity index (χ4v) is 9.48. The van der Waals surface area contributed by atoms with Crippen LogP contribution in [0.15, 0.2) is 79.1 Å². The SMILES string of the molecule is Nc1ncnc2c1c(-c1ccc(Oc3ccccc3)cc1)nn2C1CCN(C2CN(CC3CN(c4ccc5c(c4)CN(C4CCC(=O)N(OC(=O)C(F)(F)F)C4=O)C5=O)C3)C2)CC1. The maximum atomic E-state index is 13.3. The number of anilines is 2. The first kappa shape index (κ1) is 40.5. The fraction of sp³-hybridized carbons (Fsp3) is 0.386. The van der Waals surface area contributed by atoms with Crippen LogP contribution in [-0.4, -0.2) is 127 Å². The van der Waals surface area contributed by atoms with Crippen molar-refractivity contribution in [3.63, 3.8) is 0 Å². The molecule has 16 nitrogen and oxygen atoms in total. The minimum Gasteiger partial charge on any atom is -0.457 e. The number of hydrogen-bond acceptors (Lipinski definition) is 13. The number of carbonyl (C=O) groups is 4. The Morgan fingerprint density at radius 3 is 2.32 bits per heavy atom. The lowest BCUT2D eigenvalue weighted by molar-refractivity contribution is -0.238. The molecule has 10 rings (SSSR count). The molecule has 63 heavy (non-hydrogen) atoms. The van der Waals surface area contributed by atoms with Crippen molar-refractivity contribution < 1.29 is 41.9 Å². The number of para-hydroxylation sites is 1. The number of hydrogen-bond donors (Lipinski definition) is 1. The molecule has 2 N–H and O–H groups in total. The standard InChI is InChI=1S/C44H43F3N10O6/c45-44(46,47)43(61)63-57-36(58)13-12-35(42(57)60)55-22-28-18-30(8-11-34(28)41(55)59)54-20-26(21-54)19-52-23-31(24-52)53-16-14-29(15-17-53)56-40-37(39(48)49-25-50-40)38(51-56)27-6-9-33(10-7-27)62-32-4-2-1-3-5-32/h1-11,18,25-26,29,31,35H,12-17,19-24H2,(H2,48,49,50). The third-order valence-corrected chi connectivity index (χ3v) is 12.8. The number of fused-ring (bicyclic) bond motifs is 2. The van der Waals surface area contributed by atoms with Crippen LogP contribution >= 0.6 is 0 Å². The number of hydroxylamine groups is 2. The van der Waals surface area contributed by atoms with E-state index in [1.807, 2.05) is 71.4 Å². The topological polar surface area (TPSA) is 173 Å². The fourth-order valence-electron chi connectivity index (χ4n) is 9.48. The van der Waals surface area contributed by atoms with E-state index in [0.717, 1.165) is 98.1 Å². The average molecular weight is 865 g/mol. The highest BCUT2D eigenvalue weighted by atomic mass is 19.4. The summed E-state index contributed by atoms with van der Waals surface area (Å²) in [5.74, 6) is -3.04. The Morgan fingerprint density at radius 2 is 1.59 bits per heavy atom. The monoisotopic (exact) mass is 864 g/mol. The summed E-state index contributed by atoms with van der Waals surface area (Å²) in [7, 11) is 0. The van der Waals surface area contributed by atoms with Crippen molar-refractivity contribution in [2.75, 3.05) is 56.4 Å². The highest BCUT2D eigenvalue weighted by Gasteiger charge is 2.49. The highest BCUT2D eigenvalue weighted by molar-refractivity contribution is 6.05. The van der Waals surface area contributed by atoms with E-state index in [1.54, 1.807) is 6.07 Å². The van der Waals surface area contributed by atoms with Gasteiger partial charge in [0, 0.05) is 87.6 Å². The van der Waals surface area contributed by atoms with E-state index < -0.39 is 35.9 Å². The van der Waals surface area contributed by atoms with Crippen LogP contribution in [0.4, 0.5) is 24.7 Å². The van der Waals surface area contributed by atoms with Crippen molar-refractivity contribution in [3.05, 3.63) is 90.3 Å². The number of piperidine rings is 2. The van der Waals surface area contributed by atoms with Gasteiger partial charge in [0.2, 0.25) is 0 Å². The molecule has 4 saturated heterocycles. The van der Waals surface area contributed by atoms with Gasteiger partial charge in [-0.3, -0.25) is 24.2 Å². The molecular weight excluding hydrogens is 822 g/mol. The minimum atomic E-state index is -5.40. The number of likely N-dealkylation sites (tertiary alicyclic amines) is 2. The molecule has 0 spiro atoms. The van der Waals surface area contributed by atoms with Gasteiger partial charge in [-0.25, -0.2) is 19.4 Å². The Morgan fingerprint density at radius 1 is 0.857 bits per heavy atom. The van der Waals surface area contributed by atoms with Gasteiger partial charge in [-0.05, 0) is 79.4 Å². The Bertz CT molecular complexity index is 2590. The zero-order valence-corrected chi connectivity index (χ0v) is 34.0. The van der Waals surface area contributed by atoms with E-state index >= 15 is 0 Å². The van der Waals surface area contributed by atoms with Gasteiger partial charge in [0.15, 0.2) is 5.65 Å². The molecule has 5 aliphatic rings. The minimum absolute atomic E-state index is 0.0421. The summed E-state index contributed by atoms with van der Waals surface area (Å²) in [4.78, 5) is 71.5. The lowest BCUT2D eigenvalue weighted by atomic mass is 9.94. The number of aromatic nitrogens is 4. The van der Waals surface area contributed by atoms with Crippen LogP contribution in [0.25, 0.3) is 22.3 Å². The number of nitrogens with two attached hydrogens (primary N) is 1. The molecule has 5 aliphatic heterocycles. The van der Waals surface area contributed by atoms with Gasteiger partial charge in [-0.2, -0.15) is 18.3 Å². The summed E-state index contributed by atoms with van der Waals surface area (Å²) in [6.45, 7) is 6.67. The number of amides is 3. The van der Waals surface area contributed by atoms with Crippen molar-refractivity contribution in [2.24, 2.45) is 5.92 Å². The van der Waals surface area contributed by atoms with Gasteiger partial charge in [0.05, 0.1) is 11.4 Å². The van der Waals surface area contributed by atoms with Crippen molar-refractivity contribution in [1.29, 1.82) is 0 Å². The Labute approximate surface area is 358 Å². The van der Waals surface area contributed by atoms with Gasteiger partial charge in [-0.1, -0.05) is 18.2 Å². The summed E-state index contributed by atoms with van der Waals surface area (Å²) in [5.41, 5.74) is 10.8. The molecule has 326 valence electrons. The molecule has 0 bridgehead atoms. The van der Waals surface area contributed by atoms with E-state index in [2.05, 4.69) is 29.5 Å². The summed E-state index contributed by atoms with van der Waals surface area (Å²) < 4.78 is 46.4. The Balaban J connectivity index is 0.698. The number of nitrogens with zero attached hydrogens (tertiary/aromatic N) is 9. The number of benzene rings is 3. The van der Waals surface area contributed by atoms with Crippen molar-refractivity contribution >= 4 is 46.2 Å². The summed E-state index contributed by atoms with van der Waals surface area (Å²) >= 11 is 0. The molecule has 1 atom stereocenters. The van der Waals surface area contributed by atoms with Crippen molar-refractivity contribution in [3.8, 4) is 22.8 Å². The molecule has 4 fully saturated rings. The number of carbonyl (C=O) groups excluding carboxylic acids is 4. The molecule has 3 aromatic carbocycles. The average Bonchev–Trinajstić information content (AvgIpc) is 3.80. The number of halogens is 3. The number of alkyl halides is 3. The van der Waals surface area contributed by atoms with E-state index in [9.17, 15) is 32.3 Å². The van der Waals surface area contributed by atoms with E-state index in [4.69, 9.17) is 15.6 Å². The van der Waals surface area contributed by atoms with Crippen LogP contribution in [-0.2, 0) is 25.8 Å². The molecule has 3 amide bonds. The van der Waals surface area contributed by atoms with Crippen molar-refractivity contribution in [2.45, 2.75) is 56.5 Å². The Hall–Kier alpha value is -6.60. The van der Waals surface area contributed by atoms with Gasteiger partial charge < -0.3 is 25.1 Å². The maximum Gasteiger partial charge on any atom is 0.493 e. The highest BCUT2D eigenvalue weighted by Crippen LogP contribution is 2.38. The van der Waals surface area contributed by atoms with Crippen LogP contribution in [0.5, 0.6) is 11.5 Å². The zero-order valence-electron chi connectivity index (χ0n) is 34.0. The third kappa shape index (κ3) is 7.68. The van der Waals surface area contributed by atoms with Gasteiger partial charge in [0.1, 0.15) is 35.4 Å². The first-order chi connectivity index (χ1) is 30.4. The number of rotatable bonds is 10. The second-order valence-electron chi connectivity index (χ2n) is 16.8. The molecule has 1 unspecified atom stereocenters. The van der Waals surface area contributed by atoms with Crippen LogP contribution < -0.4 is 15.4 Å². The summed E-state index contributed by atoms with van der Waals surface area (Å²) in [6.07, 6.45) is -2.48. The Kier molecular flexibility index (Phi) is 10.2. The van der Waals surface area contributed by atoms with Crippen molar-refractivity contribution in [1.82, 2.24) is 39.5 Å². The molecule has 0 saturated carbocycles. The summed E-state index contributed by atoms with van der Waals surface area (Å²) in [5, 5.41) is 5.68. The normalized spacial score (nSPS) is 20.6. The smallest absolute Gasteiger partial charge is 0.457 e. The molecule has 0 aliphatic carbocycles. The second kappa shape index (κ2) is 15.9. The number of imide groups is 1. The molecule has 0 radical (unpaired) electrons. The molecule has 2 aromatic heterocycles. The molecule has 7 heterocycles. The van der Waals surface area contributed by atoms with Crippen LogP contribution in [0.1, 0.15) is 47.6 Å². The lowest BCUT2D eigenvalue weighted by Crippen LogP contribution is -2.63. The van der Waals surface area contributed by atoms with E-state index in [1.165, 1.54) is 11.2 Å². The zero-order chi connectivity index (χ0) is 43.6. The second-order valence-corrected chi connectivity index (χ2v) is 16.8. The quantitative estimate of drug-likeness (QED) is 0.190. The van der Waals surface area contributed by atoms with Gasteiger partial charge in [0.25, 0.3) is 17.7 Å². The first-order valence-corrected chi connectivity index (χ1v) is 21.0. The third-order valence-electron chi connectivity index (χ3n) is 12.8. The van der Waals surface area contributed by atoms with E-state index in [0.29, 0.717) is 28.9 Å².